The van der Waals surface area contributed by atoms with Gasteiger partial charge in [-0.15, -0.1) is 0 Å². The highest BCUT2D eigenvalue weighted by molar-refractivity contribution is 6.01. The molecule has 0 unspecified atom stereocenters. The van der Waals surface area contributed by atoms with Crippen molar-refractivity contribution in [3.05, 3.63) is 218 Å². The molecule has 21 rings (SSSR count). The summed E-state index contributed by atoms with van der Waals surface area (Å²) in [6, 6.07) is 28.2. The molecule has 31 heteroatoms. The van der Waals surface area contributed by atoms with E-state index in [-0.39, 0.29) is 17.5 Å². The number of fused-ring (bicyclic) bond motifs is 6. The molecule has 0 radical (unpaired) electrons. The largest absolute Gasteiger partial charge is 0.371 e. The molecule has 0 atom stereocenters. The van der Waals surface area contributed by atoms with Crippen molar-refractivity contribution in [2.45, 2.75) is 58.2 Å². The Morgan fingerprint density at radius 2 is 0.605 bits per heavy atom. The molecule has 6 N–H and O–H groups in total. The lowest BCUT2D eigenvalue weighted by Gasteiger charge is -2.34. The highest BCUT2D eigenvalue weighted by Crippen LogP contribution is 2.40. The second-order valence-corrected chi connectivity index (χ2v) is 33.0. The van der Waals surface area contributed by atoms with E-state index < -0.39 is 0 Å². The van der Waals surface area contributed by atoms with Gasteiger partial charge in [-0.3, -0.25) is 45.2 Å². The maximum absolute atomic E-state index is 14.9. The number of nitrogens with zero attached hydrogens (tertiary/aromatic N) is 22. The minimum atomic E-state index is -0.281. The smallest absolute Gasteiger partial charge is 0.181 e. The molecule has 0 spiro atoms. The number of nitrogens with one attached hydrogen (secondary N) is 6. The normalized spacial score (nSPS) is 14.2. The third kappa shape index (κ3) is 16.9. The minimum absolute atomic E-state index is 0.266. The van der Waals surface area contributed by atoms with Crippen molar-refractivity contribution in [1.82, 2.24) is 125 Å². The second kappa shape index (κ2) is 34.4. The number of piperazine rings is 1. The first-order valence-electron chi connectivity index (χ1n) is 41.6. The molecule has 18 aromatic rings. The summed E-state index contributed by atoms with van der Waals surface area (Å²) < 4.78 is 44.6. The van der Waals surface area contributed by atoms with E-state index >= 15 is 0 Å². The Morgan fingerprint density at radius 3 is 0.919 bits per heavy atom. The zero-order valence-electron chi connectivity index (χ0n) is 69.8. The van der Waals surface area contributed by atoms with E-state index in [4.69, 9.17) is 15.0 Å². The van der Waals surface area contributed by atoms with Gasteiger partial charge in [-0.2, -0.15) is 15.3 Å². The monoisotopic (exact) mass is 1660 g/mol. The van der Waals surface area contributed by atoms with Gasteiger partial charge >= 0.3 is 0 Å². The molecule has 0 amide bonds. The van der Waals surface area contributed by atoms with Crippen LogP contribution < -0.4 is 14.7 Å². The number of likely N-dealkylation sites (N-methyl/N-ethyl adjacent to an activating group) is 1. The Balaban J connectivity index is 0.000000122. The summed E-state index contributed by atoms with van der Waals surface area (Å²) in [6.07, 6.45) is 34.0. The van der Waals surface area contributed by atoms with Gasteiger partial charge in [-0.25, -0.2) is 43.1 Å². The first kappa shape index (κ1) is 79.6. The van der Waals surface area contributed by atoms with Gasteiger partial charge in [0.1, 0.15) is 34.5 Å². The number of halogens is 3. The van der Waals surface area contributed by atoms with Crippen LogP contribution in [-0.4, -0.2) is 227 Å². The number of benzene rings is 3. The minimum Gasteiger partial charge on any atom is -0.371 e. The summed E-state index contributed by atoms with van der Waals surface area (Å²) in [5.41, 5.74) is 24.7. The van der Waals surface area contributed by atoms with E-state index in [0.29, 0.717) is 39.9 Å². The van der Waals surface area contributed by atoms with Gasteiger partial charge in [0, 0.05) is 213 Å². The van der Waals surface area contributed by atoms with Crippen LogP contribution in [0.1, 0.15) is 55.2 Å². The Kier molecular flexibility index (Phi) is 22.1. The second-order valence-electron chi connectivity index (χ2n) is 33.0. The molecular weight excluding hydrogens is 1570 g/mol. The molecular formula is C93H91F3N28. The van der Waals surface area contributed by atoms with Crippen molar-refractivity contribution in [2.24, 2.45) is 0 Å². The average molecular weight is 1660 g/mol. The van der Waals surface area contributed by atoms with E-state index in [1.165, 1.54) is 12.8 Å². The Morgan fingerprint density at radius 1 is 0.306 bits per heavy atom. The summed E-state index contributed by atoms with van der Waals surface area (Å²) >= 11 is 0. The third-order valence-electron chi connectivity index (χ3n) is 22.9. The Labute approximate surface area is 711 Å². The molecule has 0 bridgehead atoms. The summed E-state index contributed by atoms with van der Waals surface area (Å²) in [6.45, 7) is 9.76. The lowest BCUT2D eigenvalue weighted by atomic mass is 10.0. The molecule has 0 saturated carbocycles. The van der Waals surface area contributed by atoms with Crippen LogP contribution >= 0.6 is 0 Å². The lowest BCUT2D eigenvalue weighted by molar-refractivity contribution is 0.313. The van der Waals surface area contributed by atoms with Gasteiger partial charge in [0.2, 0.25) is 0 Å². The molecule has 124 heavy (non-hydrogen) atoms. The van der Waals surface area contributed by atoms with Crippen LogP contribution in [0.2, 0.25) is 0 Å². The first-order valence-corrected chi connectivity index (χ1v) is 41.6. The van der Waals surface area contributed by atoms with Crippen LogP contribution in [0.4, 0.5) is 30.2 Å². The van der Waals surface area contributed by atoms with Gasteiger partial charge in [0.15, 0.2) is 34.4 Å². The van der Waals surface area contributed by atoms with Gasteiger partial charge in [0.05, 0.1) is 67.8 Å². The molecule has 0 aliphatic carbocycles. The summed E-state index contributed by atoms with van der Waals surface area (Å²) in [5.74, 6) is 1.02. The number of H-pyrrole nitrogens is 6. The number of aromatic nitrogens is 21. The van der Waals surface area contributed by atoms with E-state index in [2.05, 4.69) is 168 Å². The van der Waals surface area contributed by atoms with Gasteiger partial charge in [-0.1, -0.05) is 0 Å². The molecule has 28 nitrogen and oxygen atoms in total. The number of hydrogen-bond acceptors (Lipinski definition) is 22. The van der Waals surface area contributed by atoms with Crippen LogP contribution in [0.5, 0.6) is 0 Å². The predicted molar refractivity (Wildman–Crippen MR) is 480 cm³/mol. The Bertz CT molecular complexity index is 6670. The molecule has 3 aliphatic rings. The highest BCUT2D eigenvalue weighted by Gasteiger charge is 2.26. The molecule has 624 valence electrons. The average Bonchev–Trinajstić information content (AvgIpc) is 1.62. The van der Waals surface area contributed by atoms with Crippen LogP contribution in [0.15, 0.2) is 184 Å². The lowest BCUT2D eigenvalue weighted by Crippen LogP contribution is -2.44. The summed E-state index contributed by atoms with van der Waals surface area (Å²) in [7, 11) is 14.3. The van der Waals surface area contributed by atoms with Crippen LogP contribution in [0.3, 0.4) is 0 Å². The maximum atomic E-state index is 14.9. The van der Waals surface area contributed by atoms with Crippen LogP contribution in [0.25, 0.3) is 168 Å². The van der Waals surface area contributed by atoms with Crippen molar-refractivity contribution in [1.29, 1.82) is 0 Å². The topological polar surface area (TPSA) is 311 Å². The van der Waals surface area contributed by atoms with Crippen molar-refractivity contribution in [3.63, 3.8) is 0 Å². The van der Waals surface area contributed by atoms with E-state index in [9.17, 15) is 13.2 Å². The van der Waals surface area contributed by atoms with Crippen molar-refractivity contribution in [2.75, 3.05) is 116 Å². The Hall–Kier alpha value is -14.1. The molecule has 18 heterocycles. The number of pyridine rings is 9. The zero-order chi connectivity index (χ0) is 84.6. The molecule has 3 fully saturated rings. The number of anilines is 3. The van der Waals surface area contributed by atoms with Gasteiger partial charge in [0.25, 0.3) is 0 Å². The van der Waals surface area contributed by atoms with E-state index in [0.717, 1.165) is 259 Å². The SMILES string of the molecule is CN(C)Cc1cncc(-c2cnc3n[nH]c(-c4nc5c(-c6cc(F)cc(N7CCCCC7)c6)cncc5[nH]4)c3c2)c1.CN(C)Cc1cncc(-c2cnc3n[nH]c(-c4nc5c(-c6cc(F)cc(N7CCCCC7)c6)cncc5[nH]4)c3c2)c1.CN(C)Cc1cncc(-c2cnc3n[nH]c(-c4nc5c(-c6cc(F)cc(N7CCN(C)CC7)c6)cncc5[nH]4)c3c2)c1. The number of rotatable bonds is 18. The summed E-state index contributed by atoms with van der Waals surface area (Å²) in [4.78, 5) is 80.8. The number of imidazole rings is 3. The fraction of sp³-hybridized carbons (Fsp3) is 0.258. The fourth-order valence-electron chi connectivity index (χ4n) is 16.9. The van der Waals surface area contributed by atoms with E-state index in [1.807, 2.05) is 116 Å². The number of aromatic amines is 6. The molecule has 3 saturated heterocycles. The first-order chi connectivity index (χ1) is 60.4. The maximum Gasteiger partial charge on any atom is 0.181 e. The van der Waals surface area contributed by atoms with Crippen LogP contribution in [0, 0.1) is 17.5 Å². The van der Waals surface area contributed by atoms with Crippen LogP contribution in [-0.2, 0) is 19.6 Å². The summed E-state index contributed by atoms with van der Waals surface area (Å²) in [5, 5.41) is 25.1. The number of hydrogen-bond donors (Lipinski definition) is 6. The molecule has 15 aromatic heterocycles. The predicted octanol–water partition coefficient (Wildman–Crippen LogP) is 16.2. The van der Waals surface area contributed by atoms with E-state index in [1.54, 1.807) is 73.6 Å². The van der Waals surface area contributed by atoms with Crippen molar-refractivity contribution in [3.8, 4) is 101 Å². The van der Waals surface area contributed by atoms with Crippen molar-refractivity contribution < 1.29 is 13.2 Å². The van der Waals surface area contributed by atoms with Gasteiger partial charge < -0.3 is 49.3 Å². The zero-order valence-corrected chi connectivity index (χ0v) is 69.8. The highest BCUT2D eigenvalue weighted by atomic mass is 19.1. The van der Waals surface area contributed by atoms with Crippen molar-refractivity contribution >= 4 is 83.3 Å². The molecule has 3 aromatic carbocycles. The quantitative estimate of drug-likeness (QED) is 0.0465. The fourth-order valence-corrected chi connectivity index (χ4v) is 16.9. The third-order valence-corrected chi connectivity index (χ3v) is 22.9. The molecule has 3 aliphatic heterocycles. The standard InChI is InChI=1S/C31H31FN10.2C31H30FN9/c1-40(2)18-19-8-21(14-33-13-19)22-11-25-29(38-39-30(25)35-15-22)31-36-27-17-34-16-26(28(27)37-31)20-9-23(32)12-24(10-20)42-6-4-41(3)5-7-42;2*1-40(2)18-19-8-21(14-33-13-19)22-11-25-29(38-39-30(25)35-15-22)31-36-27-17-34-16-26(28(27)37-31)20-9-23(32)12-24(10-20)41-6-4-3-5-7-41/h8-17H,4-7,18H2,1-3H3,(H,36,37)(H,35,38,39);2*8-17H,3-7,18H2,1-2H3,(H,36,37)(H,35,38,39). The van der Waals surface area contributed by atoms with Gasteiger partial charge in [-0.05, 0) is 212 Å². The number of piperidine rings is 2.